The molecule has 3 rings (SSSR count). The van der Waals surface area contributed by atoms with E-state index < -0.39 is 0 Å². The summed E-state index contributed by atoms with van der Waals surface area (Å²) >= 11 is 9.73. The second-order valence-electron chi connectivity index (χ2n) is 5.22. The first-order valence-corrected chi connectivity index (χ1v) is 7.50. The van der Waals surface area contributed by atoms with Crippen LogP contribution in [0.2, 0.25) is 0 Å². The highest BCUT2D eigenvalue weighted by Crippen LogP contribution is 2.35. The molecule has 0 bridgehead atoms. The van der Waals surface area contributed by atoms with Crippen molar-refractivity contribution in [3.05, 3.63) is 22.6 Å². The Morgan fingerprint density at radius 1 is 1.58 bits per heavy atom. The van der Waals surface area contributed by atoms with E-state index in [0.717, 1.165) is 34.5 Å². The molecule has 1 fully saturated rings. The molecule has 1 aliphatic heterocycles. The van der Waals surface area contributed by atoms with Crippen molar-refractivity contribution in [1.29, 1.82) is 0 Å². The van der Waals surface area contributed by atoms with E-state index in [4.69, 9.17) is 16.3 Å². The maximum absolute atomic E-state index is 6.30. The molecular formula is C13H15BrClN3O. The summed E-state index contributed by atoms with van der Waals surface area (Å²) in [5.74, 6) is 0.857. The molecular weight excluding hydrogens is 330 g/mol. The number of pyridine rings is 1. The molecule has 1 saturated heterocycles. The Hall–Kier alpha value is -0.650. The number of rotatable bonds is 2. The fraction of sp³-hybridized carbons (Fsp3) is 0.538. The fourth-order valence-electron chi connectivity index (χ4n) is 2.59. The van der Waals surface area contributed by atoms with Crippen LogP contribution in [-0.4, -0.2) is 27.7 Å². The van der Waals surface area contributed by atoms with Crippen molar-refractivity contribution in [3.8, 4) is 0 Å². The van der Waals surface area contributed by atoms with Gasteiger partial charge in [0.05, 0.1) is 17.5 Å². The van der Waals surface area contributed by atoms with Gasteiger partial charge in [-0.25, -0.2) is 9.97 Å². The summed E-state index contributed by atoms with van der Waals surface area (Å²) in [6.07, 6.45) is 2.75. The van der Waals surface area contributed by atoms with Gasteiger partial charge in [0.25, 0.3) is 0 Å². The first kappa shape index (κ1) is 13.3. The van der Waals surface area contributed by atoms with Crippen molar-refractivity contribution >= 4 is 38.7 Å². The normalized spacial score (nSPS) is 25.1. The molecule has 2 atom stereocenters. The quantitative estimate of drug-likeness (QED) is 0.781. The number of nitrogens with zero attached hydrogens (tertiary/aromatic N) is 3. The molecule has 0 radical (unpaired) electrons. The highest BCUT2D eigenvalue weighted by molar-refractivity contribution is 9.10. The summed E-state index contributed by atoms with van der Waals surface area (Å²) in [5.41, 5.74) is 1.62. The van der Waals surface area contributed by atoms with E-state index in [9.17, 15) is 0 Å². The smallest absolute Gasteiger partial charge is 0.160 e. The number of ether oxygens (including phenoxy) is 1. The van der Waals surface area contributed by atoms with E-state index in [1.165, 1.54) is 0 Å². The van der Waals surface area contributed by atoms with Crippen molar-refractivity contribution in [2.24, 2.45) is 0 Å². The maximum atomic E-state index is 6.30. The van der Waals surface area contributed by atoms with Gasteiger partial charge in [0.15, 0.2) is 5.65 Å². The van der Waals surface area contributed by atoms with Crippen LogP contribution < -0.4 is 0 Å². The monoisotopic (exact) mass is 343 g/mol. The molecule has 2 aromatic rings. The van der Waals surface area contributed by atoms with Crippen molar-refractivity contribution in [2.75, 3.05) is 13.2 Å². The van der Waals surface area contributed by atoms with Gasteiger partial charge in [0, 0.05) is 17.3 Å². The molecule has 19 heavy (non-hydrogen) atoms. The summed E-state index contributed by atoms with van der Waals surface area (Å²) in [6.45, 7) is 5.55. The minimum absolute atomic E-state index is 0.117. The van der Waals surface area contributed by atoms with Crippen LogP contribution in [0.15, 0.2) is 16.7 Å². The van der Waals surface area contributed by atoms with Crippen LogP contribution in [0.4, 0.5) is 0 Å². The standard InChI is InChI=1S/C13H15BrClN3O/c1-8(15)11-17-10-5-9(14)6-16-12(10)18(11)13(2)3-4-19-7-13/h5-6,8H,3-4,7H2,1-2H3. The largest absolute Gasteiger partial charge is 0.379 e. The minimum Gasteiger partial charge on any atom is -0.379 e. The van der Waals surface area contributed by atoms with Crippen LogP contribution in [0.5, 0.6) is 0 Å². The van der Waals surface area contributed by atoms with Gasteiger partial charge in [-0.05, 0) is 42.3 Å². The third-order valence-electron chi connectivity index (χ3n) is 3.58. The Bertz CT molecular complexity index is 620. The second-order valence-corrected chi connectivity index (χ2v) is 6.79. The lowest BCUT2D eigenvalue weighted by atomic mass is 10.0. The SMILES string of the molecule is CC(Cl)c1nc2cc(Br)cnc2n1C1(C)CCOC1. The molecule has 1 aliphatic rings. The van der Waals surface area contributed by atoms with E-state index in [1.807, 2.05) is 13.0 Å². The van der Waals surface area contributed by atoms with E-state index in [1.54, 1.807) is 6.20 Å². The highest BCUT2D eigenvalue weighted by atomic mass is 79.9. The van der Waals surface area contributed by atoms with Gasteiger partial charge < -0.3 is 9.30 Å². The second kappa shape index (κ2) is 4.72. The molecule has 2 unspecified atom stereocenters. The van der Waals surface area contributed by atoms with E-state index in [0.29, 0.717) is 6.61 Å². The predicted molar refractivity (Wildman–Crippen MR) is 78.6 cm³/mol. The van der Waals surface area contributed by atoms with Crippen molar-refractivity contribution in [1.82, 2.24) is 14.5 Å². The number of aromatic nitrogens is 3. The fourth-order valence-corrected chi connectivity index (χ4v) is 3.06. The first-order valence-electron chi connectivity index (χ1n) is 6.27. The van der Waals surface area contributed by atoms with Gasteiger partial charge in [-0.1, -0.05) is 0 Å². The summed E-state index contributed by atoms with van der Waals surface area (Å²) in [5, 5.41) is -0.162. The number of imidazole rings is 1. The molecule has 0 saturated carbocycles. The van der Waals surface area contributed by atoms with Gasteiger partial charge in [-0.3, -0.25) is 0 Å². The van der Waals surface area contributed by atoms with Crippen molar-refractivity contribution < 1.29 is 4.74 Å². The van der Waals surface area contributed by atoms with E-state index in [-0.39, 0.29) is 10.9 Å². The molecule has 102 valence electrons. The topological polar surface area (TPSA) is 39.9 Å². The zero-order valence-electron chi connectivity index (χ0n) is 10.9. The molecule has 0 N–H and O–H groups in total. The molecule has 4 nitrogen and oxygen atoms in total. The number of hydrogen-bond donors (Lipinski definition) is 0. The number of halogens is 2. The molecule has 0 spiro atoms. The maximum Gasteiger partial charge on any atom is 0.160 e. The Morgan fingerprint density at radius 2 is 2.37 bits per heavy atom. The zero-order valence-corrected chi connectivity index (χ0v) is 13.2. The molecule has 2 aromatic heterocycles. The molecule has 3 heterocycles. The lowest BCUT2D eigenvalue weighted by Crippen LogP contribution is -2.32. The Balaban J connectivity index is 2.28. The predicted octanol–water partition coefficient (Wildman–Crippen LogP) is 3.63. The van der Waals surface area contributed by atoms with Gasteiger partial charge in [-0.2, -0.15) is 0 Å². The molecule has 6 heteroatoms. The van der Waals surface area contributed by atoms with Gasteiger partial charge in [0.2, 0.25) is 0 Å². The van der Waals surface area contributed by atoms with Crippen LogP contribution in [0, 0.1) is 0 Å². The van der Waals surface area contributed by atoms with Crippen LogP contribution in [-0.2, 0) is 10.3 Å². The van der Waals surface area contributed by atoms with E-state index >= 15 is 0 Å². The summed E-state index contributed by atoms with van der Waals surface area (Å²) < 4.78 is 8.64. The van der Waals surface area contributed by atoms with Crippen LogP contribution in [0.25, 0.3) is 11.2 Å². The van der Waals surface area contributed by atoms with Gasteiger partial charge in [0.1, 0.15) is 11.3 Å². The lowest BCUT2D eigenvalue weighted by molar-refractivity contribution is 0.161. The van der Waals surface area contributed by atoms with Gasteiger partial charge >= 0.3 is 0 Å². The average Bonchev–Trinajstić information content (AvgIpc) is 2.93. The highest BCUT2D eigenvalue weighted by Gasteiger charge is 2.36. The summed E-state index contributed by atoms with van der Waals surface area (Å²) in [4.78, 5) is 9.16. The minimum atomic E-state index is -0.162. The molecule has 0 aliphatic carbocycles. The van der Waals surface area contributed by atoms with E-state index in [2.05, 4.69) is 37.4 Å². The third-order valence-corrected chi connectivity index (χ3v) is 4.21. The number of fused-ring (bicyclic) bond motifs is 1. The first-order chi connectivity index (χ1) is 9.01. The lowest BCUT2D eigenvalue weighted by Gasteiger charge is -2.27. The van der Waals surface area contributed by atoms with Crippen LogP contribution in [0.1, 0.15) is 31.5 Å². The summed E-state index contributed by atoms with van der Waals surface area (Å²) in [6, 6.07) is 1.97. The van der Waals surface area contributed by atoms with Crippen LogP contribution >= 0.6 is 27.5 Å². The third kappa shape index (κ3) is 2.18. The van der Waals surface area contributed by atoms with Crippen LogP contribution in [0.3, 0.4) is 0 Å². The average molecular weight is 345 g/mol. The number of hydrogen-bond acceptors (Lipinski definition) is 3. The Labute approximate surface area is 125 Å². The Kier molecular flexibility index (Phi) is 3.31. The summed E-state index contributed by atoms with van der Waals surface area (Å²) in [7, 11) is 0. The molecule has 0 aromatic carbocycles. The van der Waals surface area contributed by atoms with Crippen molar-refractivity contribution in [2.45, 2.75) is 31.2 Å². The number of alkyl halides is 1. The van der Waals surface area contributed by atoms with Crippen molar-refractivity contribution in [3.63, 3.8) is 0 Å². The molecule has 0 amide bonds. The van der Waals surface area contributed by atoms with Gasteiger partial charge in [-0.15, -0.1) is 11.6 Å². The zero-order chi connectivity index (χ0) is 13.6. The Morgan fingerprint density at radius 3 is 3.00 bits per heavy atom.